The number of halogens is 1. The van der Waals surface area contributed by atoms with Crippen molar-refractivity contribution in [3.05, 3.63) is 67.6 Å². The Bertz CT molecular complexity index is 951. The highest BCUT2D eigenvalue weighted by atomic mass is 35.5. The predicted molar refractivity (Wildman–Crippen MR) is 100 cm³/mol. The average molecular weight is 377 g/mol. The molecule has 1 N–H and O–H groups in total. The maximum atomic E-state index is 12.8. The number of esters is 1. The van der Waals surface area contributed by atoms with E-state index in [2.05, 4.69) is 10.7 Å². The van der Waals surface area contributed by atoms with Crippen LogP contribution >= 0.6 is 22.9 Å². The number of nitrogens with zero attached hydrogens (tertiary/aromatic N) is 1. The minimum Gasteiger partial charge on any atom is -0.468 e. The van der Waals surface area contributed by atoms with E-state index in [1.54, 1.807) is 23.5 Å². The number of benzene rings is 1. The summed E-state index contributed by atoms with van der Waals surface area (Å²) >= 11 is 7.69. The molecule has 0 radical (unpaired) electrons. The van der Waals surface area contributed by atoms with Crippen molar-refractivity contribution >= 4 is 39.8 Å². The van der Waals surface area contributed by atoms with Crippen LogP contribution in [0.2, 0.25) is 5.02 Å². The summed E-state index contributed by atoms with van der Waals surface area (Å²) in [5, 5.41) is 8.70. The van der Waals surface area contributed by atoms with Gasteiger partial charge in [0.2, 0.25) is 0 Å². The smallest absolute Gasteiger partial charge is 0.325 e. The van der Waals surface area contributed by atoms with Gasteiger partial charge in [-0.15, -0.1) is 0 Å². The fourth-order valence-electron chi connectivity index (χ4n) is 2.62. The molecule has 0 saturated heterocycles. The van der Waals surface area contributed by atoms with Gasteiger partial charge in [0.25, 0.3) is 5.56 Å². The number of carbonyl (C=O) groups is 1. The number of carbonyl (C=O) groups excluding carboxylic acids is 1. The Hall–Kier alpha value is -2.15. The molecule has 0 fully saturated rings. The fraction of sp³-hybridized carbons (Fsp3) is 0.222. The Morgan fingerprint density at radius 3 is 2.84 bits per heavy atom. The van der Waals surface area contributed by atoms with Gasteiger partial charge in [-0.1, -0.05) is 17.7 Å². The lowest BCUT2D eigenvalue weighted by molar-refractivity contribution is -0.141. The average Bonchev–Trinajstić information content (AvgIpc) is 3.12. The third-order valence-corrected chi connectivity index (χ3v) is 4.84. The van der Waals surface area contributed by atoms with E-state index in [0.717, 1.165) is 5.39 Å². The first-order chi connectivity index (χ1) is 12.1. The third-order valence-electron chi connectivity index (χ3n) is 3.87. The van der Waals surface area contributed by atoms with Crippen LogP contribution in [-0.4, -0.2) is 17.6 Å². The molecule has 0 amide bonds. The number of thiophene rings is 1. The van der Waals surface area contributed by atoms with Gasteiger partial charge in [0.15, 0.2) is 0 Å². The first-order valence-electron chi connectivity index (χ1n) is 7.69. The Balaban J connectivity index is 1.95. The van der Waals surface area contributed by atoms with Crippen LogP contribution < -0.4 is 10.9 Å². The maximum Gasteiger partial charge on any atom is 0.325 e. The molecule has 25 heavy (non-hydrogen) atoms. The van der Waals surface area contributed by atoms with Crippen molar-refractivity contribution in [2.75, 3.05) is 7.11 Å². The first-order valence-corrected chi connectivity index (χ1v) is 9.01. The zero-order chi connectivity index (χ0) is 17.8. The maximum absolute atomic E-state index is 12.8. The van der Waals surface area contributed by atoms with Crippen LogP contribution in [0.3, 0.4) is 0 Å². The van der Waals surface area contributed by atoms with Gasteiger partial charge in [-0.25, -0.2) is 0 Å². The molecule has 3 aromatic rings. The number of ether oxygens (including phenoxy) is 1. The second-order valence-electron chi connectivity index (χ2n) is 5.58. The van der Waals surface area contributed by atoms with Crippen LogP contribution in [0.1, 0.15) is 11.1 Å². The normalized spacial score (nSPS) is 11.0. The van der Waals surface area contributed by atoms with Gasteiger partial charge in [-0.2, -0.15) is 11.3 Å². The highest BCUT2D eigenvalue weighted by molar-refractivity contribution is 7.07. The van der Waals surface area contributed by atoms with E-state index >= 15 is 0 Å². The van der Waals surface area contributed by atoms with Gasteiger partial charge in [0.1, 0.15) is 6.54 Å². The van der Waals surface area contributed by atoms with Crippen LogP contribution in [0, 0.1) is 0 Å². The highest BCUT2D eigenvalue weighted by Crippen LogP contribution is 2.19. The minimum atomic E-state index is -0.480. The van der Waals surface area contributed by atoms with E-state index in [1.165, 1.54) is 17.2 Å². The molecule has 5 nitrogen and oxygen atoms in total. The standard InChI is InChI=1S/C18H17ClN2O3S/c1-24-17(22)10-21-16-7-15(19)3-2-13(16)6-14(18(21)23)9-20-8-12-4-5-25-11-12/h2-7,11,20H,8-10H2,1H3. The quantitative estimate of drug-likeness (QED) is 0.671. The molecule has 0 unspecified atom stereocenters. The summed E-state index contributed by atoms with van der Waals surface area (Å²) in [7, 11) is 1.30. The first kappa shape index (κ1) is 17.7. The van der Waals surface area contributed by atoms with Crippen molar-refractivity contribution in [2.45, 2.75) is 19.6 Å². The van der Waals surface area contributed by atoms with Gasteiger partial charge in [-0.3, -0.25) is 14.2 Å². The second-order valence-corrected chi connectivity index (χ2v) is 6.79. The molecule has 0 saturated carbocycles. The van der Waals surface area contributed by atoms with E-state index in [0.29, 0.717) is 29.2 Å². The molecule has 2 heterocycles. The molecule has 0 aliphatic rings. The summed E-state index contributed by atoms with van der Waals surface area (Å²) in [6.07, 6.45) is 0. The zero-order valence-electron chi connectivity index (χ0n) is 13.6. The zero-order valence-corrected chi connectivity index (χ0v) is 15.2. The Kier molecular flexibility index (Phi) is 5.53. The molecule has 0 aliphatic heterocycles. The molecule has 2 aromatic heterocycles. The largest absolute Gasteiger partial charge is 0.468 e. The van der Waals surface area contributed by atoms with Crippen molar-refractivity contribution in [3.63, 3.8) is 0 Å². The van der Waals surface area contributed by atoms with E-state index in [-0.39, 0.29) is 12.1 Å². The van der Waals surface area contributed by atoms with E-state index < -0.39 is 5.97 Å². The summed E-state index contributed by atoms with van der Waals surface area (Å²) in [6, 6.07) is 9.16. The SMILES string of the molecule is COC(=O)Cn1c(=O)c(CNCc2ccsc2)cc2ccc(Cl)cc21. The summed E-state index contributed by atoms with van der Waals surface area (Å²) < 4.78 is 6.12. The molecule has 0 aliphatic carbocycles. The number of hydrogen-bond acceptors (Lipinski definition) is 5. The molecule has 130 valence electrons. The fourth-order valence-corrected chi connectivity index (χ4v) is 3.45. The summed E-state index contributed by atoms with van der Waals surface area (Å²) in [6.45, 7) is 0.942. The number of rotatable bonds is 6. The Labute approximate surface area is 153 Å². The lowest BCUT2D eigenvalue weighted by Crippen LogP contribution is -2.30. The molecule has 0 spiro atoms. The van der Waals surface area contributed by atoms with Crippen molar-refractivity contribution in [3.8, 4) is 0 Å². The number of methoxy groups -OCH3 is 1. The number of fused-ring (bicyclic) bond motifs is 1. The van der Waals surface area contributed by atoms with Crippen LogP contribution in [0.4, 0.5) is 0 Å². The van der Waals surface area contributed by atoms with E-state index in [4.69, 9.17) is 16.3 Å². The molecule has 7 heteroatoms. The van der Waals surface area contributed by atoms with Crippen LogP contribution in [0.25, 0.3) is 10.9 Å². The van der Waals surface area contributed by atoms with Gasteiger partial charge in [0.05, 0.1) is 12.6 Å². The number of pyridine rings is 1. The molecular formula is C18H17ClN2O3S. The highest BCUT2D eigenvalue weighted by Gasteiger charge is 2.13. The molecule has 1 aromatic carbocycles. The van der Waals surface area contributed by atoms with Crippen LogP contribution in [-0.2, 0) is 29.2 Å². The predicted octanol–water partition coefficient (Wildman–Crippen LogP) is 3.18. The van der Waals surface area contributed by atoms with Gasteiger partial charge < -0.3 is 10.1 Å². The summed E-state index contributed by atoms with van der Waals surface area (Å²) in [5.41, 5.74) is 2.16. The number of aromatic nitrogens is 1. The third kappa shape index (κ3) is 4.10. The molecule has 0 bridgehead atoms. The van der Waals surface area contributed by atoms with Crippen molar-refractivity contribution in [2.24, 2.45) is 0 Å². The molecule has 3 rings (SSSR count). The van der Waals surface area contributed by atoms with Gasteiger partial charge >= 0.3 is 5.97 Å². The Morgan fingerprint density at radius 2 is 2.12 bits per heavy atom. The lowest BCUT2D eigenvalue weighted by atomic mass is 10.1. The lowest BCUT2D eigenvalue weighted by Gasteiger charge is -2.13. The topological polar surface area (TPSA) is 60.3 Å². The second kappa shape index (κ2) is 7.82. The van der Waals surface area contributed by atoms with Crippen molar-refractivity contribution in [1.29, 1.82) is 0 Å². The van der Waals surface area contributed by atoms with Crippen LogP contribution in [0.5, 0.6) is 0 Å². The summed E-state index contributed by atoms with van der Waals surface area (Å²) in [4.78, 5) is 24.5. The number of nitrogens with one attached hydrogen (secondary N) is 1. The van der Waals surface area contributed by atoms with Crippen molar-refractivity contribution in [1.82, 2.24) is 9.88 Å². The van der Waals surface area contributed by atoms with Gasteiger partial charge in [-0.05, 0) is 46.0 Å². The van der Waals surface area contributed by atoms with Crippen molar-refractivity contribution < 1.29 is 9.53 Å². The molecule has 0 atom stereocenters. The van der Waals surface area contributed by atoms with Gasteiger partial charge in [0, 0.05) is 23.7 Å². The Morgan fingerprint density at radius 1 is 1.28 bits per heavy atom. The van der Waals surface area contributed by atoms with Crippen LogP contribution in [0.15, 0.2) is 45.9 Å². The number of hydrogen-bond donors (Lipinski definition) is 1. The monoisotopic (exact) mass is 376 g/mol. The minimum absolute atomic E-state index is 0.148. The van der Waals surface area contributed by atoms with E-state index in [1.807, 2.05) is 23.6 Å². The summed E-state index contributed by atoms with van der Waals surface area (Å²) in [5.74, 6) is -0.480. The molecular weight excluding hydrogens is 360 g/mol. The van der Waals surface area contributed by atoms with E-state index in [9.17, 15) is 9.59 Å².